The number of hydrogen-bond donors (Lipinski definition) is 2. The lowest BCUT2D eigenvalue weighted by Gasteiger charge is -2.19. The molecule has 0 fully saturated rings. The molecule has 1 aromatic carbocycles. The Morgan fingerprint density at radius 1 is 1.28 bits per heavy atom. The number of halogens is 3. The second-order valence-electron chi connectivity index (χ2n) is 7.18. The summed E-state index contributed by atoms with van der Waals surface area (Å²) in [6.07, 6.45) is 0. The molecule has 0 aliphatic carbocycles. The molecule has 2 N–H and O–H groups in total. The van der Waals surface area contributed by atoms with Crippen LogP contribution in [0.25, 0.3) is 0 Å². The molecule has 0 spiro atoms. The number of hydrogen-bond acceptors (Lipinski definition) is 4. The molecule has 0 unspecified atom stereocenters. The number of carbonyl (C=O) groups excluding carboxylic acids is 3. The first-order chi connectivity index (χ1) is 13.4. The molecule has 0 saturated heterocycles. The molecular formula is C19H17BrClFN4O3. The fraction of sp³-hybridized carbons (Fsp3) is 0.263. The fourth-order valence-electron chi connectivity index (χ4n) is 2.46. The molecule has 152 valence electrons. The van der Waals surface area contributed by atoms with Crippen LogP contribution in [0.4, 0.5) is 10.1 Å². The van der Waals surface area contributed by atoms with Crippen molar-refractivity contribution < 1.29 is 18.8 Å². The van der Waals surface area contributed by atoms with Gasteiger partial charge < -0.3 is 15.2 Å². The minimum atomic E-state index is -0.903. The highest BCUT2D eigenvalue weighted by molar-refractivity contribution is 9.10. The summed E-state index contributed by atoms with van der Waals surface area (Å²) in [6, 6.07) is 5.17. The summed E-state index contributed by atoms with van der Waals surface area (Å²) in [4.78, 5) is 37.5. The van der Waals surface area contributed by atoms with Gasteiger partial charge in [-0.3, -0.25) is 14.4 Å². The number of rotatable bonds is 4. The molecule has 2 aromatic rings. The molecule has 7 nitrogen and oxygen atoms in total. The van der Waals surface area contributed by atoms with Gasteiger partial charge in [-0.2, -0.15) is 5.26 Å². The Balaban J connectivity index is 2.39. The molecule has 10 heteroatoms. The summed E-state index contributed by atoms with van der Waals surface area (Å²) in [7, 11) is 1.48. The van der Waals surface area contributed by atoms with Crippen LogP contribution in [0.5, 0.6) is 0 Å². The normalized spacial score (nSPS) is 11.0. The van der Waals surface area contributed by atoms with Gasteiger partial charge in [0.2, 0.25) is 0 Å². The van der Waals surface area contributed by atoms with Gasteiger partial charge in [-0.05, 0) is 54.9 Å². The van der Waals surface area contributed by atoms with Gasteiger partial charge in [0.1, 0.15) is 17.6 Å². The Morgan fingerprint density at radius 2 is 1.90 bits per heavy atom. The number of nitrogens with one attached hydrogen (secondary N) is 2. The SMILES string of the molecule is Cn1c(Br)c(C(=O)C(=O)NC(C)(C)C)c(Cl)c1C(=O)Nc1ccc(F)c(C#N)c1. The molecule has 0 aliphatic rings. The Labute approximate surface area is 180 Å². The minimum absolute atomic E-state index is 0.0896. The molecule has 2 rings (SSSR count). The predicted molar refractivity (Wildman–Crippen MR) is 109 cm³/mol. The van der Waals surface area contributed by atoms with Gasteiger partial charge in [-0.15, -0.1) is 0 Å². The van der Waals surface area contributed by atoms with E-state index in [-0.39, 0.29) is 32.1 Å². The number of anilines is 1. The van der Waals surface area contributed by atoms with E-state index in [1.54, 1.807) is 26.8 Å². The number of Topliss-reactive ketones (excluding diaryl/α,β-unsaturated/α-hetero) is 1. The van der Waals surface area contributed by atoms with Crippen LogP contribution >= 0.6 is 27.5 Å². The number of aromatic nitrogens is 1. The number of ketones is 1. The van der Waals surface area contributed by atoms with E-state index >= 15 is 0 Å². The minimum Gasteiger partial charge on any atom is -0.345 e. The molecule has 0 saturated carbocycles. The van der Waals surface area contributed by atoms with E-state index in [4.69, 9.17) is 16.9 Å². The van der Waals surface area contributed by atoms with E-state index in [2.05, 4.69) is 26.6 Å². The second-order valence-corrected chi connectivity index (χ2v) is 8.31. The van der Waals surface area contributed by atoms with Crippen LogP contribution in [0.15, 0.2) is 22.8 Å². The molecule has 0 atom stereocenters. The van der Waals surface area contributed by atoms with E-state index in [9.17, 15) is 18.8 Å². The van der Waals surface area contributed by atoms with Crippen molar-refractivity contribution in [3.63, 3.8) is 0 Å². The third-order valence-electron chi connectivity index (χ3n) is 3.75. The third-order valence-corrected chi connectivity index (χ3v) is 5.04. The maximum atomic E-state index is 13.5. The van der Waals surface area contributed by atoms with Crippen LogP contribution in [0.3, 0.4) is 0 Å². The Bertz CT molecular complexity index is 1070. The Kier molecular flexibility index (Phi) is 6.50. The predicted octanol–water partition coefficient (Wildman–Crippen LogP) is 3.80. The first-order valence-electron chi connectivity index (χ1n) is 8.29. The average Bonchev–Trinajstić information content (AvgIpc) is 2.83. The lowest BCUT2D eigenvalue weighted by Crippen LogP contribution is -2.44. The van der Waals surface area contributed by atoms with E-state index in [1.165, 1.54) is 23.7 Å². The fourth-order valence-corrected chi connectivity index (χ4v) is 3.51. The summed E-state index contributed by atoms with van der Waals surface area (Å²) in [5, 5.41) is 13.7. The topological polar surface area (TPSA) is 104 Å². The first kappa shape index (κ1) is 22.6. The highest BCUT2D eigenvalue weighted by Gasteiger charge is 2.32. The zero-order valence-electron chi connectivity index (χ0n) is 16.0. The van der Waals surface area contributed by atoms with Crippen molar-refractivity contribution in [2.24, 2.45) is 7.05 Å². The second kappa shape index (κ2) is 8.35. The van der Waals surface area contributed by atoms with Crippen molar-refractivity contribution in [2.75, 3.05) is 5.32 Å². The molecule has 0 aliphatic heterocycles. The van der Waals surface area contributed by atoms with Crippen LogP contribution in [0.1, 0.15) is 47.2 Å². The van der Waals surface area contributed by atoms with Crippen molar-refractivity contribution in [1.29, 1.82) is 5.26 Å². The number of nitriles is 1. The summed E-state index contributed by atoms with van der Waals surface area (Å²) in [5.74, 6) is -3.19. The van der Waals surface area contributed by atoms with E-state index < -0.39 is 29.0 Å². The number of benzene rings is 1. The lowest BCUT2D eigenvalue weighted by atomic mass is 10.1. The van der Waals surface area contributed by atoms with Gasteiger partial charge in [-0.1, -0.05) is 11.6 Å². The van der Waals surface area contributed by atoms with Gasteiger partial charge >= 0.3 is 0 Å². The van der Waals surface area contributed by atoms with Gasteiger partial charge in [0.25, 0.3) is 17.6 Å². The number of amides is 2. The maximum Gasteiger partial charge on any atom is 0.292 e. The van der Waals surface area contributed by atoms with Gasteiger partial charge in [0.15, 0.2) is 0 Å². The van der Waals surface area contributed by atoms with Crippen molar-refractivity contribution >= 4 is 50.8 Å². The zero-order chi connectivity index (χ0) is 22.1. The molecule has 0 radical (unpaired) electrons. The van der Waals surface area contributed by atoms with E-state index in [0.29, 0.717) is 0 Å². The lowest BCUT2D eigenvalue weighted by molar-refractivity contribution is -0.118. The van der Waals surface area contributed by atoms with Gasteiger partial charge in [0.05, 0.1) is 20.8 Å². The molecule has 2 amide bonds. The van der Waals surface area contributed by atoms with Crippen molar-refractivity contribution in [3.05, 3.63) is 50.5 Å². The van der Waals surface area contributed by atoms with Gasteiger partial charge in [0, 0.05) is 18.3 Å². The average molecular weight is 484 g/mol. The van der Waals surface area contributed by atoms with Crippen LogP contribution in [-0.4, -0.2) is 27.7 Å². The van der Waals surface area contributed by atoms with Gasteiger partial charge in [-0.25, -0.2) is 4.39 Å². The summed E-state index contributed by atoms with van der Waals surface area (Å²) in [5.41, 5.74) is -0.954. The Morgan fingerprint density at radius 3 is 2.45 bits per heavy atom. The largest absolute Gasteiger partial charge is 0.345 e. The Hall–Kier alpha value is -2.70. The van der Waals surface area contributed by atoms with Crippen LogP contribution in [0.2, 0.25) is 5.02 Å². The molecule has 1 aromatic heterocycles. The highest BCUT2D eigenvalue weighted by Crippen LogP contribution is 2.32. The maximum absolute atomic E-state index is 13.5. The quantitative estimate of drug-likeness (QED) is 0.510. The number of nitrogens with zero attached hydrogens (tertiary/aromatic N) is 2. The van der Waals surface area contributed by atoms with Crippen molar-refractivity contribution in [3.8, 4) is 6.07 Å². The zero-order valence-corrected chi connectivity index (χ0v) is 18.3. The van der Waals surface area contributed by atoms with Crippen molar-refractivity contribution in [2.45, 2.75) is 26.3 Å². The smallest absolute Gasteiger partial charge is 0.292 e. The van der Waals surface area contributed by atoms with E-state index in [0.717, 1.165) is 6.07 Å². The third kappa shape index (κ3) is 4.83. The molecular weight excluding hydrogens is 467 g/mol. The van der Waals surface area contributed by atoms with Crippen molar-refractivity contribution in [1.82, 2.24) is 9.88 Å². The monoisotopic (exact) mass is 482 g/mol. The molecule has 0 bridgehead atoms. The standard InChI is InChI=1S/C19H17BrClFN4O3/c1-19(2,3)25-18(29)15(27)12-13(21)14(26(4)16(12)20)17(28)24-10-5-6-11(22)9(7-10)8-23/h5-7H,1-4H3,(H,24,28)(H,25,29). The molecule has 29 heavy (non-hydrogen) atoms. The highest BCUT2D eigenvalue weighted by atomic mass is 79.9. The summed E-state index contributed by atoms with van der Waals surface area (Å²) >= 11 is 9.46. The van der Waals surface area contributed by atoms with Crippen LogP contribution in [-0.2, 0) is 11.8 Å². The first-order valence-corrected chi connectivity index (χ1v) is 9.46. The molecule has 1 heterocycles. The summed E-state index contributed by atoms with van der Waals surface area (Å²) < 4.78 is 14.9. The summed E-state index contributed by atoms with van der Waals surface area (Å²) in [6.45, 7) is 5.16. The number of carbonyl (C=O) groups is 3. The van der Waals surface area contributed by atoms with E-state index in [1.807, 2.05) is 0 Å². The van der Waals surface area contributed by atoms with Crippen LogP contribution < -0.4 is 10.6 Å². The van der Waals surface area contributed by atoms with Crippen LogP contribution in [0, 0.1) is 17.1 Å².